The first-order valence-corrected chi connectivity index (χ1v) is 9.30. The lowest BCUT2D eigenvalue weighted by Gasteiger charge is -2.13. The molecule has 0 saturated carbocycles. The smallest absolute Gasteiger partial charge is 0.381 e. The molecule has 0 heterocycles. The summed E-state index contributed by atoms with van der Waals surface area (Å²) in [6.45, 7) is 3.25. The largest absolute Gasteiger partial charge is 0.398 e. The number of benzene rings is 2. The Morgan fingerprint density at radius 2 is 1.77 bits per heavy atom. The number of thioether (sulfide) groups is 1. The standard InChI is InChI=1S/C18H19ClF4N2S/c1-12-8-15(20)16(9-17(12)26-11-18(21,22)23)25-7-6-24-10-13-2-4-14(19)5-3-13/h2-5,8-9,24-25H,6-7,10-11H2,1H3. The zero-order chi connectivity index (χ0) is 19.2. The van der Waals surface area contributed by atoms with Gasteiger partial charge < -0.3 is 10.6 Å². The van der Waals surface area contributed by atoms with Crippen LogP contribution in [0, 0.1) is 12.7 Å². The molecule has 0 saturated heterocycles. The van der Waals surface area contributed by atoms with Gasteiger partial charge in [0, 0.05) is 29.6 Å². The monoisotopic (exact) mass is 406 g/mol. The summed E-state index contributed by atoms with van der Waals surface area (Å²) in [6, 6.07) is 10.1. The third kappa shape index (κ3) is 7.05. The van der Waals surface area contributed by atoms with Crippen LogP contribution in [0.3, 0.4) is 0 Å². The van der Waals surface area contributed by atoms with Gasteiger partial charge in [-0.15, -0.1) is 11.8 Å². The Labute approximate surface area is 159 Å². The minimum atomic E-state index is -4.26. The predicted molar refractivity (Wildman–Crippen MR) is 99.6 cm³/mol. The highest BCUT2D eigenvalue weighted by molar-refractivity contribution is 7.99. The van der Waals surface area contributed by atoms with Crippen molar-refractivity contribution in [3.63, 3.8) is 0 Å². The van der Waals surface area contributed by atoms with Crippen molar-refractivity contribution in [3.8, 4) is 0 Å². The maximum Gasteiger partial charge on any atom is 0.398 e. The van der Waals surface area contributed by atoms with E-state index in [1.807, 2.05) is 12.1 Å². The van der Waals surface area contributed by atoms with Crippen molar-refractivity contribution in [2.24, 2.45) is 0 Å². The van der Waals surface area contributed by atoms with Crippen LogP contribution in [0.2, 0.25) is 5.02 Å². The van der Waals surface area contributed by atoms with Gasteiger partial charge in [0.2, 0.25) is 0 Å². The minimum Gasteiger partial charge on any atom is -0.381 e. The summed E-state index contributed by atoms with van der Waals surface area (Å²) >= 11 is 6.48. The number of halogens is 5. The van der Waals surface area contributed by atoms with Gasteiger partial charge >= 0.3 is 6.18 Å². The summed E-state index contributed by atoms with van der Waals surface area (Å²) in [6.07, 6.45) is -4.26. The molecule has 2 aromatic rings. The van der Waals surface area contributed by atoms with E-state index >= 15 is 0 Å². The van der Waals surface area contributed by atoms with E-state index in [2.05, 4.69) is 10.6 Å². The Morgan fingerprint density at radius 3 is 2.42 bits per heavy atom. The molecule has 2 N–H and O–H groups in total. The van der Waals surface area contributed by atoms with Gasteiger partial charge in [0.25, 0.3) is 0 Å². The topological polar surface area (TPSA) is 24.1 Å². The van der Waals surface area contributed by atoms with Gasteiger partial charge in [0.05, 0.1) is 11.4 Å². The Morgan fingerprint density at radius 1 is 1.08 bits per heavy atom. The number of alkyl halides is 3. The minimum absolute atomic E-state index is 0.202. The summed E-state index contributed by atoms with van der Waals surface area (Å²) in [5.74, 6) is -1.47. The van der Waals surface area contributed by atoms with E-state index in [9.17, 15) is 17.6 Å². The molecular formula is C18H19ClF4N2S. The van der Waals surface area contributed by atoms with E-state index in [-0.39, 0.29) is 5.69 Å². The molecule has 8 heteroatoms. The van der Waals surface area contributed by atoms with Crippen LogP contribution in [-0.4, -0.2) is 25.0 Å². The van der Waals surface area contributed by atoms with Crippen molar-refractivity contribution in [2.45, 2.75) is 24.5 Å². The fraction of sp³-hybridized carbons (Fsp3) is 0.333. The van der Waals surface area contributed by atoms with Gasteiger partial charge in [-0.2, -0.15) is 13.2 Å². The fourth-order valence-electron chi connectivity index (χ4n) is 2.22. The average Bonchev–Trinajstić information content (AvgIpc) is 2.56. The molecule has 0 bridgehead atoms. The van der Waals surface area contributed by atoms with Crippen molar-refractivity contribution in [1.29, 1.82) is 0 Å². The molecule has 0 unspecified atom stereocenters. The molecular weight excluding hydrogens is 388 g/mol. The molecule has 0 aliphatic heterocycles. The zero-order valence-electron chi connectivity index (χ0n) is 14.1. The van der Waals surface area contributed by atoms with Crippen LogP contribution in [0.25, 0.3) is 0 Å². The SMILES string of the molecule is Cc1cc(F)c(NCCNCc2ccc(Cl)cc2)cc1SCC(F)(F)F. The molecule has 0 radical (unpaired) electrons. The van der Waals surface area contributed by atoms with Crippen LogP contribution in [0.15, 0.2) is 41.3 Å². The third-order valence-electron chi connectivity index (χ3n) is 3.52. The van der Waals surface area contributed by atoms with Gasteiger partial charge in [-0.1, -0.05) is 23.7 Å². The number of nitrogens with one attached hydrogen (secondary N) is 2. The second-order valence-electron chi connectivity index (χ2n) is 5.73. The van der Waals surface area contributed by atoms with E-state index in [4.69, 9.17) is 11.6 Å². The highest BCUT2D eigenvalue weighted by Crippen LogP contribution is 2.32. The Kier molecular flexibility index (Phi) is 7.61. The van der Waals surface area contributed by atoms with Crippen molar-refractivity contribution in [1.82, 2.24) is 5.32 Å². The van der Waals surface area contributed by atoms with E-state index in [0.29, 0.717) is 46.9 Å². The van der Waals surface area contributed by atoms with Crippen LogP contribution >= 0.6 is 23.4 Å². The first kappa shape index (κ1) is 20.9. The number of aryl methyl sites for hydroxylation is 1. The summed E-state index contributed by atoms with van der Waals surface area (Å²) in [5, 5.41) is 6.79. The quantitative estimate of drug-likeness (QED) is 0.337. The number of rotatable bonds is 8. The second kappa shape index (κ2) is 9.48. The average molecular weight is 407 g/mol. The van der Waals surface area contributed by atoms with Crippen LogP contribution in [0.4, 0.5) is 23.2 Å². The third-order valence-corrected chi connectivity index (χ3v) is 4.99. The summed E-state index contributed by atoms with van der Waals surface area (Å²) in [4.78, 5) is 0.417. The first-order chi connectivity index (χ1) is 12.2. The molecule has 2 aromatic carbocycles. The van der Waals surface area contributed by atoms with E-state index in [1.165, 1.54) is 12.1 Å². The molecule has 2 rings (SSSR count). The maximum atomic E-state index is 14.0. The van der Waals surface area contributed by atoms with Crippen molar-refractivity contribution in [3.05, 3.63) is 58.4 Å². The van der Waals surface area contributed by atoms with Gasteiger partial charge in [-0.25, -0.2) is 4.39 Å². The molecule has 0 amide bonds. The molecule has 0 atom stereocenters. The van der Waals surface area contributed by atoms with Gasteiger partial charge in [-0.3, -0.25) is 0 Å². The molecule has 2 nitrogen and oxygen atoms in total. The lowest BCUT2D eigenvalue weighted by molar-refractivity contribution is -0.105. The lowest BCUT2D eigenvalue weighted by atomic mass is 10.2. The van der Waals surface area contributed by atoms with E-state index in [1.54, 1.807) is 19.1 Å². The zero-order valence-corrected chi connectivity index (χ0v) is 15.7. The lowest BCUT2D eigenvalue weighted by Crippen LogP contribution is -2.22. The van der Waals surface area contributed by atoms with Crippen molar-refractivity contribution >= 4 is 29.1 Å². The molecule has 142 valence electrons. The highest BCUT2D eigenvalue weighted by Gasteiger charge is 2.27. The number of hydrogen-bond acceptors (Lipinski definition) is 3. The molecule has 0 spiro atoms. The van der Waals surface area contributed by atoms with Crippen LogP contribution in [-0.2, 0) is 6.54 Å². The van der Waals surface area contributed by atoms with Crippen LogP contribution in [0.1, 0.15) is 11.1 Å². The Hall–Kier alpha value is -1.44. The Balaban J connectivity index is 1.83. The van der Waals surface area contributed by atoms with Crippen molar-refractivity contribution in [2.75, 3.05) is 24.2 Å². The van der Waals surface area contributed by atoms with E-state index in [0.717, 1.165) is 5.56 Å². The van der Waals surface area contributed by atoms with E-state index < -0.39 is 17.7 Å². The number of anilines is 1. The second-order valence-corrected chi connectivity index (χ2v) is 7.19. The number of hydrogen-bond donors (Lipinski definition) is 2. The molecule has 0 aliphatic rings. The maximum absolute atomic E-state index is 14.0. The molecule has 0 aliphatic carbocycles. The van der Waals surface area contributed by atoms with Crippen LogP contribution < -0.4 is 10.6 Å². The highest BCUT2D eigenvalue weighted by atomic mass is 35.5. The molecule has 0 fully saturated rings. The van der Waals surface area contributed by atoms with Gasteiger partial charge in [0.1, 0.15) is 5.82 Å². The Bertz CT molecular complexity index is 720. The normalized spacial score (nSPS) is 11.6. The predicted octanol–water partition coefficient (Wildman–Crippen LogP) is 5.64. The summed E-state index contributed by atoms with van der Waals surface area (Å²) in [5.41, 5.74) is 1.76. The van der Waals surface area contributed by atoms with Crippen LogP contribution in [0.5, 0.6) is 0 Å². The first-order valence-electron chi connectivity index (χ1n) is 7.93. The van der Waals surface area contributed by atoms with Gasteiger partial charge in [0.15, 0.2) is 0 Å². The van der Waals surface area contributed by atoms with Gasteiger partial charge in [-0.05, 0) is 42.3 Å². The summed E-state index contributed by atoms with van der Waals surface area (Å²) < 4.78 is 51.1. The summed E-state index contributed by atoms with van der Waals surface area (Å²) in [7, 11) is 0. The van der Waals surface area contributed by atoms with Crippen molar-refractivity contribution < 1.29 is 17.6 Å². The molecule has 0 aromatic heterocycles. The molecule has 26 heavy (non-hydrogen) atoms. The fourth-order valence-corrected chi connectivity index (χ4v) is 3.16.